The van der Waals surface area contributed by atoms with Gasteiger partial charge in [-0.15, -0.1) is 11.3 Å². The fourth-order valence-electron chi connectivity index (χ4n) is 2.45. The van der Waals surface area contributed by atoms with Crippen LogP contribution in [0.3, 0.4) is 0 Å². The number of carbonyl (C=O) groups excluding carboxylic acids is 1. The third kappa shape index (κ3) is 5.04. The van der Waals surface area contributed by atoms with Crippen LogP contribution >= 0.6 is 22.9 Å². The minimum atomic E-state index is -0.221. The number of ether oxygens (including phenoxy) is 2. The first-order valence-corrected chi connectivity index (χ1v) is 9.03. The molecule has 1 aliphatic heterocycles. The van der Waals surface area contributed by atoms with Gasteiger partial charge in [0.15, 0.2) is 11.5 Å². The Bertz CT molecular complexity index is 667. The molecule has 0 radical (unpaired) electrons. The van der Waals surface area contributed by atoms with Gasteiger partial charge in [-0.25, -0.2) is 0 Å². The van der Waals surface area contributed by atoms with E-state index < -0.39 is 0 Å². The maximum absolute atomic E-state index is 12.1. The van der Waals surface area contributed by atoms with Crippen LogP contribution in [0.2, 0.25) is 4.34 Å². The molecule has 1 amide bonds. The lowest BCUT2D eigenvalue weighted by molar-refractivity contribution is 0.0641. The van der Waals surface area contributed by atoms with E-state index in [1.807, 2.05) is 12.1 Å². The van der Waals surface area contributed by atoms with Gasteiger partial charge >= 0.3 is 0 Å². The van der Waals surface area contributed by atoms with Crippen LogP contribution in [0, 0.1) is 5.92 Å². The number of nitrogens with zero attached hydrogens (tertiary/aromatic N) is 1. The van der Waals surface area contributed by atoms with Crippen molar-refractivity contribution in [3.63, 3.8) is 0 Å². The van der Waals surface area contributed by atoms with E-state index in [1.165, 1.54) is 11.3 Å². The highest BCUT2D eigenvalue weighted by Gasteiger charge is 2.17. The van der Waals surface area contributed by atoms with E-state index in [2.05, 4.69) is 10.5 Å². The highest BCUT2D eigenvalue weighted by Crippen LogP contribution is 2.22. The molecule has 0 saturated carbocycles. The summed E-state index contributed by atoms with van der Waals surface area (Å²) in [5.74, 6) is 0.769. The fraction of sp³-hybridized carbons (Fsp3) is 0.500. The molecule has 0 unspecified atom stereocenters. The van der Waals surface area contributed by atoms with Crippen LogP contribution < -0.4 is 5.32 Å². The van der Waals surface area contributed by atoms with E-state index >= 15 is 0 Å². The molecule has 1 aliphatic rings. The molecule has 130 valence electrons. The van der Waals surface area contributed by atoms with Crippen LogP contribution in [0.15, 0.2) is 22.7 Å². The summed E-state index contributed by atoms with van der Waals surface area (Å²) in [7, 11) is 0. The van der Waals surface area contributed by atoms with Crippen molar-refractivity contribution in [3.05, 3.63) is 38.9 Å². The molecular weight excluding hydrogens is 352 g/mol. The summed E-state index contributed by atoms with van der Waals surface area (Å²) in [6.45, 7) is 2.88. The monoisotopic (exact) mass is 370 g/mol. The summed E-state index contributed by atoms with van der Waals surface area (Å²) in [6.07, 6.45) is 1.95. The standard InChI is InChI=1S/C16H19ClN2O4S/c17-15-2-1-13(24-15)10-22-9-12-7-14(19-23-12)16(20)18-8-11-3-5-21-6-4-11/h1-2,7,11H,3-6,8-10H2,(H,18,20). The lowest BCUT2D eigenvalue weighted by Gasteiger charge is -2.21. The molecule has 3 heterocycles. The molecule has 0 spiro atoms. The van der Waals surface area contributed by atoms with Gasteiger partial charge in [-0.2, -0.15) is 0 Å². The van der Waals surface area contributed by atoms with Crippen LogP contribution in [-0.4, -0.2) is 30.8 Å². The van der Waals surface area contributed by atoms with Gasteiger partial charge in [0.25, 0.3) is 5.91 Å². The topological polar surface area (TPSA) is 73.6 Å². The second-order valence-corrected chi connectivity index (χ2v) is 7.44. The van der Waals surface area contributed by atoms with E-state index in [1.54, 1.807) is 6.07 Å². The van der Waals surface area contributed by atoms with Gasteiger partial charge in [0, 0.05) is 30.7 Å². The summed E-state index contributed by atoms with van der Waals surface area (Å²) in [6, 6.07) is 5.36. The molecule has 24 heavy (non-hydrogen) atoms. The molecule has 1 saturated heterocycles. The number of hydrogen-bond donors (Lipinski definition) is 1. The van der Waals surface area contributed by atoms with Gasteiger partial charge in [-0.05, 0) is 30.9 Å². The maximum atomic E-state index is 12.1. The smallest absolute Gasteiger partial charge is 0.273 e. The van der Waals surface area contributed by atoms with Gasteiger partial charge in [0.1, 0.15) is 6.61 Å². The number of nitrogens with one attached hydrogen (secondary N) is 1. The Morgan fingerprint density at radius 2 is 2.21 bits per heavy atom. The summed E-state index contributed by atoms with van der Waals surface area (Å²) in [4.78, 5) is 13.1. The first-order chi connectivity index (χ1) is 11.7. The predicted molar refractivity (Wildman–Crippen MR) is 90.2 cm³/mol. The van der Waals surface area contributed by atoms with Crippen molar-refractivity contribution >= 4 is 28.8 Å². The van der Waals surface area contributed by atoms with Gasteiger partial charge in [-0.3, -0.25) is 4.79 Å². The van der Waals surface area contributed by atoms with Crippen molar-refractivity contribution in [2.75, 3.05) is 19.8 Å². The van der Waals surface area contributed by atoms with Crippen molar-refractivity contribution in [1.29, 1.82) is 0 Å². The zero-order chi connectivity index (χ0) is 16.8. The molecule has 0 atom stereocenters. The number of hydrogen-bond acceptors (Lipinski definition) is 6. The summed E-state index contributed by atoms with van der Waals surface area (Å²) >= 11 is 7.34. The number of carbonyl (C=O) groups is 1. The third-order valence-electron chi connectivity index (χ3n) is 3.80. The van der Waals surface area contributed by atoms with Crippen molar-refractivity contribution < 1.29 is 18.8 Å². The number of amides is 1. The Morgan fingerprint density at radius 3 is 2.96 bits per heavy atom. The average Bonchev–Trinajstić information content (AvgIpc) is 3.23. The molecular formula is C16H19ClN2O4S. The Labute approximate surface area is 149 Å². The Balaban J connectivity index is 1.41. The molecule has 3 rings (SSSR count). The maximum Gasteiger partial charge on any atom is 0.273 e. The molecule has 2 aromatic heterocycles. The second-order valence-electron chi connectivity index (χ2n) is 5.64. The Morgan fingerprint density at radius 1 is 1.38 bits per heavy atom. The SMILES string of the molecule is O=C(NCC1CCOCC1)c1cc(COCc2ccc(Cl)s2)on1. The van der Waals surface area contributed by atoms with Gasteiger partial charge < -0.3 is 19.3 Å². The lowest BCUT2D eigenvalue weighted by atomic mass is 10.0. The number of halogens is 1. The Hall–Kier alpha value is -1.41. The largest absolute Gasteiger partial charge is 0.381 e. The highest BCUT2D eigenvalue weighted by atomic mass is 35.5. The van der Waals surface area contributed by atoms with Crippen molar-refractivity contribution in [1.82, 2.24) is 10.5 Å². The molecule has 6 nitrogen and oxygen atoms in total. The number of thiophene rings is 1. The summed E-state index contributed by atoms with van der Waals surface area (Å²) in [5.41, 5.74) is 0.278. The van der Waals surface area contributed by atoms with Gasteiger partial charge in [0.05, 0.1) is 10.9 Å². The van der Waals surface area contributed by atoms with E-state index in [9.17, 15) is 4.79 Å². The minimum Gasteiger partial charge on any atom is -0.381 e. The van der Waals surface area contributed by atoms with E-state index in [-0.39, 0.29) is 18.2 Å². The average molecular weight is 371 g/mol. The van der Waals surface area contributed by atoms with Crippen LogP contribution in [0.5, 0.6) is 0 Å². The first kappa shape index (κ1) is 17.4. The minimum absolute atomic E-state index is 0.221. The number of aromatic nitrogens is 1. The van der Waals surface area contributed by atoms with Crippen molar-refractivity contribution in [2.45, 2.75) is 26.1 Å². The molecule has 1 N–H and O–H groups in total. The normalized spacial score (nSPS) is 15.5. The van der Waals surface area contributed by atoms with E-state index in [0.717, 1.165) is 35.3 Å². The first-order valence-electron chi connectivity index (χ1n) is 7.84. The predicted octanol–water partition coefficient (Wildman–Crippen LogP) is 3.26. The van der Waals surface area contributed by atoms with Crippen LogP contribution in [0.25, 0.3) is 0 Å². The molecule has 2 aromatic rings. The quantitative estimate of drug-likeness (QED) is 0.809. The second kappa shape index (κ2) is 8.62. The fourth-order valence-corrected chi connectivity index (χ4v) is 3.47. The van der Waals surface area contributed by atoms with Crippen molar-refractivity contribution in [3.8, 4) is 0 Å². The van der Waals surface area contributed by atoms with Crippen LogP contribution in [0.4, 0.5) is 0 Å². The zero-order valence-electron chi connectivity index (χ0n) is 13.1. The van der Waals surface area contributed by atoms with Gasteiger partial charge in [0.2, 0.25) is 0 Å². The summed E-state index contributed by atoms with van der Waals surface area (Å²) in [5, 5.41) is 6.70. The zero-order valence-corrected chi connectivity index (χ0v) is 14.7. The van der Waals surface area contributed by atoms with Crippen LogP contribution in [-0.2, 0) is 22.7 Å². The molecule has 0 bridgehead atoms. The molecule has 1 fully saturated rings. The molecule has 8 heteroatoms. The van der Waals surface area contributed by atoms with Crippen molar-refractivity contribution in [2.24, 2.45) is 5.92 Å². The lowest BCUT2D eigenvalue weighted by Crippen LogP contribution is -2.32. The summed E-state index contributed by atoms with van der Waals surface area (Å²) < 4.78 is 16.7. The Kier molecular flexibility index (Phi) is 6.25. The highest BCUT2D eigenvalue weighted by molar-refractivity contribution is 7.16. The van der Waals surface area contributed by atoms with E-state index in [4.69, 9.17) is 25.6 Å². The van der Waals surface area contributed by atoms with Gasteiger partial charge in [-0.1, -0.05) is 16.8 Å². The van der Waals surface area contributed by atoms with E-state index in [0.29, 0.717) is 24.8 Å². The number of rotatable bonds is 7. The third-order valence-corrected chi connectivity index (χ3v) is 5.01. The molecule has 0 aromatic carbocycles. The van der Waals surface area contributed by atoms with Crippen LogP contribution in [0.1, 0.15) is 34.0 Å². The molecule has 0 aliphatic carbocycles.